The Hall–Kier alpha value is -3.88. The van der Waals surface area contributed by atoms with Gasteiger partial charge in [0.15, 0.2) is 5.76 Å². The molecular formula is C23H22N6O3. The van der Waals surface area contributed by atoms with Crippen LogP contribution in [0.25, 0.3) is 10.9 Å². The number of fused-ring (bicyclic) bond motifs is 2. The third-order valence-electron chi connectivity index (χ3n) is 6.75. The number of rotatable bonds is 4. The maximum absolute atomic E-state index is 13.4. The number of benzene rings is 1. The number of nitrogens with one attached hydrogen (secondary N) is 2. The first-order valence-electron chi connectivity index (χ1n) is 10.7. The number of aromatic nitrogens is 4. The number of amides is 2. The second-order valence-electron chi connectivity index (χ2n) is 8.54. The Morgan fingerprint density at radius 2 is 2.06 bits per heavy atom. The first-order valence-corrected chi connectivity index (χ1v) is 10.7. The highest BCUT2D eigenvalue weighted by Crippen LogP contribution is 2.50. The molecule has 2 N–H and O–H groups in total. The lowest BCUT2D eigenvalue weighted by Crippen LogP contribution is -2.39. The van der Waals surface area contributed by atoms with Gasteiger partial charge in [-0.05, 0) is 25.0 Å². The lowest BCUT2D eigenvalue weighted by atomic mass is 10.0. The molecule has 0 atom stereocenters. The van der Waals surface area contributed by atoms with Gasteiger partial charge in [0.1, 0.15) is 16.9 Å². The third kappa shape index (κ3) is 2.77. The van der Waals surface area contributed by atoms with Gasteiger partial charge in [-0.2, -0.15) is 5.10 Å². The van der Waals surface area contributed by atoms with Crippen molar-refractivity contribution in [3.63, 3.8) is 0 Å². The first-order chi connectivity index (χ1) is 15.6. The largest absolute Gasteiger partial charge is 0.359 e. The Kier molecular flexibility index (Phi) is 4.01. The van der Waals surface area contributed by atoms with Gasteiger partial charge in [-0.25, -0.2) is 0 Å². The van der Waals surface area contributed by atoms with Crippen LogP contribution in [0.2, 0.25) is 0 Å². The molecule has 1 aromatic carbocycles. The van der Waals surface area contributed by atoms with E-state index < -0.39 is 5.54 Å². The van der Waals surface area contributed by atoms with Gasteiger partial charge in [-0.1, -0.05) is 23.4 Å². The molecule has 1 aliphatic heterocycles. The smallest absolute Gasteiger partial charge is 0.272 e. The van der Waals surface area contributed by atoms with Crippen LogP contribution in [0.5, 0.6) is 0 Å². The maximum Gasteiger partial charge on any atom is 0.272 e. The van der Waals surface area contributed by atoms with E-state index in [0.29, 0.717) is 36.7 Å². The molecule has 2 aliphatic rings. The van der Waals surface area contributed by atoms with Crippen molar-refractivity contribution < 1.29 is 14.1 Å². The first kappa shape index (κ1) is 18.9. The summed E-state index contributed by atoms with van der Waals surface area (Å²) in [5.74, 6) is 0.449. The fourth-order valence-corrected chi connectivity index (χ4v) is 4.68. The standard InChI is InChI=1S/C23H22N6O3/c1-28(23(8-9-23)19-6-10-24-32-19)22(31)20-15-13-29(11-7-17(15)26-27-20)21(30)18-12-14-4-2-3-5-16(14)25-18/h2-6,10,12,25H,7-9,11,13H2,1H3,(H,26,27). The molecule has 2 amide bonds. The second-order valence-corrected chi connectivity index (χ2v) is 8.54. The normalized spacial score (nSPS) is 16.7. The lowest BCUT2D eigenvalue weighted by Gasteiger charge is -2.28. The minimum absolute atomic E-state index is 0.0832. The summed E-state index contributed by atoms with van der Waals surface area (Å²) in [5, 5.41) is 12.1. The number of para-hydroxylation sites is 1. The van der Waals surface area contributed by atoms with Crippen molar-refractivity contribution in [1.82, 2.24) is 30.1 Å². The Morgan fingerprint density at radius 1 is 1.22 bits per heavy atom. The zero-order valence-corrected chi connectivity index (χ0v) is 17.6. The number of aromatic amines is 2. The quantitative estimate of drug-likeness (QED) is 0.517. The Morgan fingerprint density at radius 3 is 2.81 bits per heavy atom. The van der Waals surface area contributed by atoms with Crippen LogP contribution in [-0.2, 0) is 18.5 Å². The molecule has 4 aromatic rings. The summed E-state index contributed by atoms with van der Waals surface area (Å²) in [4.78, 5) is 33.3. The molecule has 32 heavy (non-hydrogen) atoms. The molecule has 0 unspecified atom stereocenters. The molecule has 4 heterocycles. The van der Waals surface area contributed by atoms with E-state index >= 15 is 0 Å². The van der Waals surface area contributed by atoms with Gasteiger partial charge in [-0.15, -0.1) is 0 Å². The van der Waals surface area contributed by atoms with Gasteiger partial charge in [-0.3, -0.25) is 14.7 Å². The van der Waals surface area contributed by atoms with E-state index in [9.17, 15) is 9.59 Å². The van der Waals surface area contributed by atoms with E-state index in [4.69, 9.17) is 4.52 Å². The van der Waals surface area contributed by atoms with Crippen molar-refractivity contribution >= 4 is 22.7 Å². The monoisotopic (exact) mass is 430 g/mol. The van der Waals surface area contributed by atoms with Gasteiger partial charge < -0.3 is 19.3 Å². The lowest BCUT2D eigenvalue weighted by molar-refractivity contribution is 0.0655. The summed E-state index contributed by atoms with van der Waals surface area (Å²) in [7, 11) is 1.78. The Labute approximate surface area is 183 Å². The second kappa shape index (κ2) is 6.81. The molecule has 0 radical (unpaired) electrons. The predicted octanol–water partition coefficient (Wildman–Crippen LogP) is 2.84. The van der Waals surface area contributed by atoms with Crippen LogP contribution in [0.15, 0.2) is 47.1 Å². The van der Waals surface area contributed by atoms with Gasteiger partial charge in [0.05, 0.1) is 18.4 Å². The molecule has 0 bridgehead atoms. The topological polar surface area (TPSA) is 111 Å². The molecule has 9 nitrogen and oxygen atoms in total. The van der Waals surface area contributed by atoms with Crippen molar-refractivity contribution in [2.75, 3.05) is 13.6 Å². The molecular weight excluding hydrogens is 408 g/mol. The van der Waals surface area contributed by atoms with Gasteiger partial charge in [0, 0.05) is 42.5 Å². The summed E-state index contributed by atoms with van der Waals surface area (Å²) in [6.45, 7) is 0.891. The fourth-order valence-electron chi connectivity index (χ4n) is 4.68. The average molecular weight is 430 g/mol. The predicted molar refractivity (Wildman–Crippen MR) is 115 cm³/mol. The van der Waals surface area contributed by atoms with Crippen LogP contribution >= 0.6 is 0 Å². The summed E-state index contributed by atoms with van der Waals surface area (Å²) in [6, 6.07) is 11.5. The van der Waals surface area contributed by atoms with Gasteiger partial charge in [0.25, 0.3) is 11.8 Å². The fraction of sp³-hybridized carbons (Fsp3) is 0.304. The van der Waals surface area contributed by atoms with E-state index in [2.05, 4.69) is 20.3 Å². The molecule has 0 spiro atoms. The molecule has 0 saturated heterocycles. The van der Waals surface area contributed by atoms with E-state index in [1.54, 1.807) is 29.1 Å². The summed E-state index contributed by atoms with van der Waals surface area (Å²) < 4.78 is 5.36. The number of nitrogens with zero attached hydrogens (tertiary/aromatic N) is 4. The van der Waals surface area contributed by atoms with E-state index in [0.717, 1.165) is 35.0 Å². The third-order valence-corrected chi connectivity index (χ3v) is 6.75. The number of hydrogen-bond acceptors (Lipinski definition) is 5. The van der Waals surface area contributed by atoms with Crippen LogP contribution in [0.4, 0.5) is 0 Å². The van der Waals surface area contributed by atoms with Crippen molar-refractivity contribution in [1.29, 1.82) is 0 Å². The zero-order chi connectivity index (χ0) is 21.9. The highest BCUT2D eigenvalue weighted by Gasteiger charge is 2.53. The molecule has 1 fully saturated rings. The van der Waals surface area contributed by atoms with Crippen LogP contribution < -0.4 is 0 Å². The average Bonchev–Trinajstić information content (AvgIpc) is 3.20. The van der Waals surface area contributed by atoms with E-state index in [-0.39, 0.29) is 11.8 Å². The van der Waals surface area contributed by atoms with Crippen LogP contribution in [0, 0.1) is 0 Å². The van der Waals surface area contributed by atoms with Crippen molar-refractivity contribution in [2.24, 2.45) is 0 Å². The van der Waals surface area contributed by atoms with Crippen LogP contribution in [-0.4, -0.2) is 55.5 Å². The zero-order valence-electron chi connectivity index (χ0n) is 17.6. The Bertz CT molecular complexity index is 1300. The van der Waals surface area contributed by atoms with Crippen molar-refractivity contribution in [2.45, 2.75) is 31.3 Å². The summed E-state index contributed by atoms with van der Waals surface area (Å²) in [6.07, 6.45) is 3.85. The van der Waals surface area contributed by atoms with Crippen molar-refractivity contribution in [3.05, 3.63) is 71.0 Å². The SMILES string of the molecule is CN(C(=O)c1[nH]nc2c1CN(C(=O)c1cc3ccccc3[nH]1)CC2)C1(c2ccno2)CC1. The molecule has 1 saturated carbocycles. The summed E-state index contributed by atoms with van der Waals surface area (Å²) >= 11 is 0. The highest BCUT2D eigenvalue weighted by atomic mass is 16.5. The molecule has 6 rings (SSSR count). The number of H-pyrrole nitrogens is 2. The van der Waals surface area contributed by atoms with Gasteiger partial charge >= 0.3 is 0 Å². The molecule has 162 valence electrons. The molecule has 1 aliphatic carbocycles. The van der Waals surface area contributed by atoms with E-state index in [1.807, 2.05) is 30.3 Å². The Balaban J connectivity index is 1.26. The summed E-state index contributed by atoms with van der Waals surface area (Å²) in [5.41, 5.74) is 3.07. The highest BCUT2D eigenvalue weighted by molar-refractivity contribution is 5.99. The maximum atomic E-state index is 13.4. The van der Waals surface area contributed by atoms with Gasteiger partial charge in [0.2, 0.25) is 0 Å². The van der Waals surface area contributed by atoms with Crippen LogP contribution in [0.1, 0.15) is 50.8 Å². The minimum atomic E-state index is -0.458. The van der Waals surface area contributed by atoms with E-state index in [1.165, 1.54) is 0 Å². The molecule has 9 heteroatoms. The number of carbonyl (C=O) groups excluding carboxylic acids is 2. The van der Waals surface area contributed by atoms with Crippen molar-refractivity contribution in [3.8, 4) is 0 Å². The molecule has 3 aromatic heterocycles. The minimum Gasteiger partial charge on any atom is -0.359 e. The number of hydrogen-bond donors (Lipinski definition) is 2. The number of carbonyl (C=O) groups is 2. The van der Waals surface area contributed by atoms with Crippen LogP contribution in [0.3, 0.4) is 0 Å².